The van der Waals surface area contributed by atoms with Crippen molar-refractivity contribution >= 4 is 34.2 Å². The molecule has 8 nitrogen and oxygen atoms in total. The Kier molecular flexibility index (Phi) is 5.39. The van der Waals surface area contributed by atoms with E-state index < -0.39 is 23.4 Å². The fraction of sp³-hybridized carbons (Fsp3) is 0.200. The van der Waals surface area contributed by atoms with Crippen molar-refractivity contribution in [1.82, 2.24) is 4.98 Å². The van der Waals surface area contributed by atoms with E-state index in [0.29, 0.717) is 5.56 Å². The maximum Gasteiger partial charge on any atom is 0.310 e. The highest BCUT2D eigenvalue weighted by molar-refractivity contribution is 5.96. The SMILES string of the molecule is Cc1ccc([N+](=O)[O-])c(NC(=O)COC(=O)Cc2c[nH]c3ccccc23)c1C. The molecule has 144 valence electrons. The molecule has 0 spiro atoms. The average Bonchev–Trinajstić information content (AvgIpc) is 3.06. The molecule has 0 saturated heterocycles. The van der Waals surface area contributed by atoms with Gasteiger partial charge in [-0.1, -0.05) is 24.3 Å². The largest absolute Gasteiger partial charge is 0.455 e. The fourth-order valence-corrected chi connectivity index (χ4v) is 2.92. The average molecular weight is 381 g/mol. The van der Waals surface area contributed by atoms with E-state index in [1.807, 2.05) is 24.3 Å². The predicted molar refractivity (Wildman–Crippen MR) is 104 cm³/mol. The molecular weight excluding hydrogens is 362 g/mol. The molecule has 0 atom stereocenters. The molecule has 1 amide bonds. The van der Waals surface area contributed by atoms with E-state index in [0.717, 1.165) is 22.0 Å². The number of hydrogen-bond acceptors (Lipinski definition) is 5. The van der Waals surface area contributed by atoms with Crippen molar-refractivity contribution < 1.29 is 19.2 Å². The topological polar surface area (TPSA) is 114 Å². The van der Waals surface area contributed by atoms with Crippen LogP contribution in [0.2, 0.25) is 0 Å². The third-order valence-corrected chi connectivity index (χ3v) is 4.55. The van der Waals surface area contributed by atoms with E-state index in [4.69, 9.17) is 4.74 Å². The van der Waals surface area contributed by atoms with Crippen molar-refractivity contribution in [1.29, 1.82) is 0 Å². The summed E-state index contributed by atoms with van der Waals surface area (Å²) in [6.45, 7) is 2.95. The Morgan fingerprint density at radius 1 is 1.18 bits per heavy atom. The molecule has 0 bridgehead atoms. The number of aromatic nitrogens is 1. The van der Waals surface area contributed by atoms with Gasteiger partial charge >= 0.3 is 5.97 Å². The number of amides is 1. The zero-order valence-electron chi connectivity index (χ0n) is 15.4. The molecule has 0 aliphatic carbocycles. The first-order valence-corrected chi connectivity index (χ1v) is 8.62. The van der Waals surface area contributed by atoms with Gasteiger partial charge in [0.15, 0.2) is 6.61 Å². The molecular formula is C20H19N3O5. The molecule has 1 heterocycles. The van der Waals surface area contributed by atoms with Crippen molar-refractivity contribution in [3.63, 3.8) is 0 Å². The lowest BCUT2D eigenvalue weighted by molar-refractivity contribution is -0.384. The third-order valence-electron chi connectivity index (χ3n) is 4.55. The summed E-state index contributed by atoms with van der Waals surface area (Å²) in [4.78, 5) is 37.9. The second kappa shape index (κ2) is 7.91. The summed E-state index contributed by atoms with van der Waals surface area (Å²) in [6.07, 6.45) is 1.74. The minimum absolute atomic E-state index is 0.0148. The lowest BCUT2D eigenvalue weighted by Crippen LogP contribution is -2.22. The van der Waals surface area contributed by atoms with Gasteiger partial charge in [0.2, 0.25) is 0 Å². The van der Waals surface area contributed by atoms with Gasteiger partial charge in [0.1, 0.15) is 5.69 Å². The van der Waals surface area contributed by atoms with Crippen LogP contribution in [0, 0.1) is 24.0 Å². The van der Waals surface area contributed by atoms with Gasteiger partial charge in [-0.3, -0.25) is 19.7 Å². The zero-order chi connectivity index (χ0) is 20.3. The molecule has 8 heteroatoms. The van der Waals surface area contributed by atoms with Crippen molar-refractivity contribution in [2.24, 2.45) is 0 Å². The Balaban J connectivity index is 1.62. The quantitative estimate of drug-likeness (QED) is 0.386. The monoisotopic (exact) mass is 381 g/mol. The van der Waals surface area contributed by atoms with Crippen LogP contribution in [0.4, 0.5) is 11.4 Å². The first kappa shape index (κ1) is 19.1. The van der Waals surface area contributed by atoms with E-state index >= 15 is 0 Å². The summed E-state index contributed by atoms with van der Waals surface area (Å²) in [5.41, 5.74) is 2.98. The van der Waals surface area contributed by atoms with Crippen LogP contribution in [0.15, 0.2) is 42.6 Å². The van der Waals surface area contributed by atoms with Crippen molar-refractivity contribution in [2.75, 3.05) is 11.9 Å². The number of aromatic amines is 1. The molecule has 3 rings (SSSR count). The molecule has 3 aromatic rings. The molecule has 1 aromatic heterocycles. The second-order valence-electron chi connectivity index (χ2n) is 6.40. The highest BCUT2D eigenvalue weighted by Gasteiger charge is 2.20. The lowest BCUT2D eigenvalue weighted by atomic mass is 10.1. The van der Waals surface area contributed by atoms with E-state index in [-0.39, 0.29) is 17.8 Å². The van der Waals surface area contributed by atoms with E-state index in [1.165, 1.54) is 6.07 Å². The molecule has 0 aliphatic rings. The second-order valence-corrected chi connectivity index (χ2v) is 6.40. The summed E-state index contributed by atoms with van der Waals surface area (Å²) in [5.74, 6) is -1.19. The number of nitrogens with one attached hydrogen (secondary N) is 2. The van der Waals surface area contributed by atoms with Crippen LogP contribution < -0.4 is 5.32 Å². The number of carbonyl (C=O) groups excluding carboxylic acids is 2. The van der Waals surface area contributed by atoms with Crippen molar-refractivity contribution in [2.45, 2.75) is 20.3 Å². The van der Waals surface area contributed by atoms with Crippen molar-refractivity contribution in [3.8, 4) is 0 Å². The Bertz CT molecular complexity index is 1070. The van der Waals surface area contributed by atoms with Gasteiger partial charge in [0, 0.05) is 23.2 Å². The van der Waals surface area contributed by atoms with Crippen LogP contribution in [0.25, 0.3) is 10.9 Å². The highest BCUT2D eigenvalue weighted by Crippen LogP contribution is 2.30. The number of hydrogen-bond donors (Lipinski definition) is 2. The Hall–Kier alpha value is -3.68. The molecule has 2 aromatic carbocycles. The molecule has 0 fully saturated rings. The number of nitro benzene ring substituents is 1. The number of anilines is 1. The standard InChI is InChI=1S/C20H19N3O5/c1-12-7-8-17(23(26)27)20(13(12)2)22-18(24)11-28-19(25)9-14-10-21-16-6-4-3-5-15(14)16/h3-8,10,21H,9,11H2,1-2H3,(H,22,24). The minimum atomic E-state index is -0.635. The first-order chi connectivity index (χ1) is 13.4. The van der Waals surface area contributed by atoms with Crippen LogP contribution in [0.1, 0.15) is 16.7 Å². The van der Waals surface area contributed by atoms with Gasteiger partial charge in [-0.2, -0.15) is 0 Å². The first-order valence-electron chi connectivity index (χ1n) is 8.62. The number of rotatable bonds is 6. The highest BCUT2D eigenvalue weighted by atomic mass is 16.6. The Morgan fingerprint density at radius 2 is 1.93 bits per heavy atom. The number of nitrogens with zero attached hydrogens (tertiary/aromatic N) is 1. The normalized spacial score (nSPS) is 10.6. The maximum atomic E-state index is 12.2. The van der Waals surface area contributed by atoms with E-state index in [9.17, 15) is 19.7 Å². The summed E-state index contributed by atoms with van der Waals surface area (Å²) < 4.78 is 5.03. The number of nitro groups is 1. The summed E-state index contributed by atoms with van der Waals surface area (Å²) in [6, 6.07) is 10.5. The molecule has 0 unspecified atom stereocenters. The number of para-hydroxylation sites is 1. The summed E-state index contributed by atoms with van der Waals surface area (Å²) >= 11 is 0. The predicted octanol–water partition coefficient (Wildman–Crippen LogP) is 3.42. The van der Waals surface area contributed by atoms with Crippen LogP contribution in [-0.4, -0.2) is 28.4 Å². The number of carbonyl (C=O) groups is 2. The number of fused-ring (bicyclic) bond motifs is 1. The summed E-state index contributed by atoms with van der Waals surface area (Å²) in [5, 5.41) is 14.6. The number of benzene rings is 2. The molecule has 28 heavy (non-hydrogen) atoms. The smallest absolute Gasteiger partial charge is 0.310 e. The number of esters is 1. The van der Waals surface area contributed by atoms with Crippen molar-refractivity contribution in [3.05, 3.63) is 69.4 Å². The molecule has 0 aliphatic heterocycles. The maximum absolute atomic E-state index is 12.2. The molecule has 0 saturated carbocycles. The van der Waals surface area contributed by atoms with Gasteiger partial charge < -0.3 is 15.0 Å². The van der Waals surface area contributed by atoms with Gasteiger partial charge in [0.25, 0.3) is 11.6 Å². The van der Waals surface area contributed by atoms with Gasteiger partial charge in [-0.15, -0.1) is 0 Å². The Morgan fingerprint density at radius 3 is 2.68 bits per heavy atom. The van der Waals surface area contributed by atoms with Crippen LogP contribution in [0.5, 0.6) is 0 Å². The lowest BCUT2D eigenvalue weighted by Gasteiger charge is -2.11. The van der Waals surface area contributed by atoms with E-state index in [1.54, 1.807) is 26.1 Å². The van der Waals surface area contributed by atoms with Crippen LogP contribution in [-0.2, 0) is 20.7 Å². The van der Waals surface area contributed by atoms with E-state index in [2.05, 4.69) is 10.3 Å². The van der Waals surface area contributed by atoms with Gasteiger partial charge in [-0.25, -0.2) is 0 Å². The van der Waals surface area contributed by atoms with Gasteiger partial charge in [0.05, 0.1) is 11.3 Å². The minimum Gasteiger partial charge on any atom is -0.455 e. The summed E-state index contributed by atoms with van der Waals surface area (Å²) in [7, 11) is 0. The molecule has 2 N–H and O–H groups in total. The van der Waals surface area contributed by atoms with Crippen LogP contribution in [0.3, 0.4) is 0 Å². The van der Waals surface area contributed by atoms with Gasteiger partial charge in [-0.05, 0) is 36.6 Å². The number of H-pyrrole nitrogens is 1. The Labute approximate surface area is 160 Å². The fourth-order valence-electron chi connectivity index (χ4n) is 2.92. The molecule has 0 radical (unpaired) electrons. The third kappa shape index (κ3) is 4.01. The number of ether oxygens (including phenoxy) is 1. The van der Waals surface area contributed by atoms with Crippen LogP contribution >= 0.6 is 0 Å². The zero-order valence-corrected chi connectivity index (χ0v) is 15.4. The number of aryl methyl sites for hydroxylation is 1.